The zero-order valence-electron chi connectivity index (χ0n) is 10.5. The minimum atomic E-state index is -3.57. The van der Waals surface area contributed by atoms with Crippen molar-refractivity contribution in [3.05, 3.63) is 65.7 Å². The van der Waals surface area contributed by atoms with Gasteiger partial charge in [-0.2, -0.15) is 0 Å². The maximum atomic E-state index is 13.1. The summed E-state index contributed by atoms with van der Waals surface area (Å²) in [6.07, 6.45) is 0. The largest absolute Gasteiger partial charge is 0.323 e. The molecule has 0 saturated heterocycles. The van der Waals surface area contributed by atoms with Crippen LogP contribution in [0, 0.1) is 11.6 Å². The third-order valence-corrected chi connectivity index (χ3v) is 4.66. The summed E-state index contributed by atoms with van der Waals surface area (Å²) in [5.74, 6) is -2.41. The minimum Gasteiger partial charge on any atom is -0.323 e. The zero-order chi connectivity index (χ0) is 14.8. The van der Waals surface area contributed by atoms with Crippen molar-refractivity contribution >= 4 is 9.84 Å². The molecule has 0 radical (unpaired) electrons. The summed E-state index contributed by atoms with van der Waals surface area (Å²) in [4.78, 5) is 0.151. The van der Waals surface area contributed by atoms with Crippen LogP contribution in [0.15, 0.2) is 53.4 Å². The van der Waals surface area contributed by atoms with Crippen LogP contribution in [0.25, 0.3) is 0 Å². The summed E-state index contributed by atoms with van der Waals surface area (Å²) in [6.45, 7) is 0. The monoisotopic (exact) mass is 297 g/mol. The fourth-order valence-corrected chi connectivity index (χ4v) is 3.23. The molecule has 0 aromatic heterocycles. The standard InChI is InChI=1S/C14H13F2NO2S/c15-12-7-6-10(8-13(12)16)14(17)9-20(18,19)11-4-2-1-3-5-11/h1-8,14H,9,17H2. The van der Waals surface area contributed by atoms with E-state index < -0.39 is 27.5 Å². The molecule has 0 amide bonds. The van der Waals surface area contributed by atoms with E-state index in [2.05, 4.69) is 0 Å². The van der Waals surface area contributed by atoms with E-state index in [1.165, 1.54) is 18.2 Å². The third kappa shape index (κ3) is 3.20. The highest BCUT2D eigenvalue weighted by Gasteiger charge is 2.20. The van der Waals surface area contributed by atoms with Crippen LogP contribution in [0.2, 0.25) is 0 Å². The van der Waals surface area contributed by atoms with Gasteiger partial charge in [0.1, 0.15) is 0 Å². The van der Waals surface area contributed by atoms with E-state index in [1.54, 1.807) is 18.2 Å². The molecule has 0 spiro atoms. The van der Waals surface area contributed by atoms with Crippen LogP contribution in [-0.2, 0) is 9.84 Å². The third-order valence-electron chi connectivity index (χ3n) is 2.87. The second-order valence-corrected chi connectivity index (χ2v) is 6.41. The van der Waals surface area contributed by atoms with Gasteiger partial charge in [0.25, 0.3) is 0 Å². The van der Waals surface area contributed by atoms with Crippen LogP contribution in [0.4, 0.5) is 8.78 Å². The van der Waals surface area contributed by atoms with Gasteiger partial charge in [0.15, 0.2) is 21.5 Å². The Morgan fingerprint density at radius 2 is 1.65 bits per heavy atom. The summed E-state index contributed by atoms with van der Waals surface area (Å²) >= 11 is 0. The van der Waals surface area contributed by atoms with Crippen molar-refractivity contribution in [1.82, 2.24) is 0 Å². The fourth-order valence-electron chi connectivity index (χ4n) is 1.80. The number of rotatable bonds is 4. The van der Waals surface area contributed by atoms with Gasteiger partial charge in [-0.25, -0.2) is 17.2 Å². The van der Waals surface area contributed by atoms with Crippen LogP contribution in [0.1, 0.15) is 11.6 Å². The SMILES string of the molecule is NC(CS(=O)(=O)c1ccccc1)c1ccc(F)c(F)c1. The molecule has 20 heavy (non-hydrogen) atoms. The van der Waals surface area contributed by atoms with Crippen LogP contribution in [0.3, 0.4) is 0 Å². The topological polar surface area (TPSA) is 60.2 Å². The summed E-state index contributed by atoms with van der Waals surface area (Å²) in [5.41, 5.74) is 6.01. The first kappa shape index (κ1) is 14.6. The average Bonchev–Trinajstić information content (AvgIpc) is 2.42. The van der Waals surface area contributed by atoms with Crippen molar-refractivity contribution in [1.29, 1.82) is 0 Å². The van der Waals surface area contributed by atoms with Gasteiger partial charge in [-0.1, -0.05) is 24.3 Å². The Morgan fingerprint density at radius 1 is 1.00 bits per heavy atom. The summed E-state index contributed by atoms with van der Waals surface area (Å²) in [6, 6.07) is 10.1. The molecule has 1 unspecified atom stereocenters. The highest BCUT2D eigenvalue weighted by molar-refractivity contribution is 7.91. The van der Waals surface area contributed by atoms with Crippen LogP contribution >= 0.6 is 0 Å². The molecule has 0 saturated carbocycles. The van der Waals surface area contributed by atoms with Crippen LogP contribution in [0.5, 0.6) is 0 Å². The number of benzene rings is 2. The van der Waals surface area contributed by atoms with Gasteiger partial charge in [0, 0.05) is 6.04 Å². The summed E-state index contributed by atoms with van der Waals surface area (Å²) in [5, 5.41) is 0. The smallest absolute Gasteiger partial charge is 0.180 e. The molecule has 2 aromatic carbocycles. The molecule has 0 heterocycles. The maximum absolute atomic E-state index is 13.1. The molecule has 2 rings (SSSR count). The molecule has 0 aliphatic rings. The molecule has 106 valence electrons. The molecule has 0 aliphatic carbocycles. The van der Waals surface area contributed by atoms with E-state index in [9.17, 15) is 17.2 Å². The average molecular weight is 297 g/mol. The molecule has 2 N–H and O–H groups in total. The van der Waals surface area contributed by atoms with E-state index in [0.717, 1.165) is 12.1 Å². The number of nitrogens with two attached hydrogens (primary N) is 1. The molecule has 6 heteroatoms. The normalized spacial score (nSPS) is 13.2. The van der Waals surface area contributed by atoms with Gasteiger partial charge >= 0.3 is 0 Å². The fraction of sp³-hybridized carbons (Fsp3) is 0.143. The number of hydrogen-bond acceptors (Lipinski definition) is 3. The van der Waals surface area contributed by atoms with Crippen molar-refractivity contribution < 1.29 is 17.2 Å². The lowest BCUT2D eigenvalue weighted by Gasteiger charge is -2.13. The molecule has 3 nitrogen and oxygen atoms in total. The molecule has 0 fully saturated rings. The number of halogens is 2. The van der Waals surface area contributed by atoms with Crippen LogP contribution < -0.4 is 5.73 Å². The maximum Gasteiger partial charge on any atom is 0.180 e. The minimum absolute atomic E-state index is 0.151. The van der Waals surface area contributed by atoms with Crippen molar-refractivity contribution in [2.45, 2.75) is 10.9 Å². The predicted octanol–water partition coefficient (Wildman–Crippen LogP) is 2.44. The van der Waals surface area contributed by atoms with Crippen molar-refractivity contribution in [3.63, 3.8) is 0 Å². The Hall–Kier alpha value is -1.79. The number of sulfone groups is 1. The molecule has 2 aromatic rings. The first-order valence-electron chi connectivity index (χ1n) is 5.88. The molecular formula is C14H13F2NO2S. The van der Waals surface area contributed by atoms with Crippen molar-refractivity contribution in [2.75, 3.05) is 5.75 Å². The first-order chi connectivity index (χ1) is 9.40. The van der Waals surface area contributed by atoms with Crippen molar-refractivity contribution in [2.24, 2.45) is 5.73 Å². The Balaban J connectivity index is 2.23. The van der Waals surface area contributed by atoms with E-state index in [0.29, 0.717) is 0 Å². The van der Waals surface area contributed by atoms with Crippen molar-refractivity contribution in [3.8, 4) is 0 Å². The molecular weight excluding hydrogens is 284 g/mol. The summed E-state index contributed by atoms with van der Waals surface area (Å²) in [7, 11) is -3.57. The van der Waals surface area contributed by atoms with Gasteiger partial charge in [-0.15, -0.1) is 0 Å². The van der Waals surface area contributed by atoms with E-state index >= 15 is 0 Å². The summed E-state index contributed by atoms with van der Waals surface area (Å²) < 4.78 is 50.2. The van der Waals surface area contributed by atoms with Gasteiger partial charge < -0.3 is 5.73 Å². The Kier molecular flexibility index (Phi) is 4.15. The quantitative estimate of drug-likeness (QED) is 0.943. The Labute approximate surface area is 116 Å². The van der Waals surface area contributed by atoms with E-state index in [1.807, 2.05) is 0 Å². The van der Waals surface area contributed by atoms with Gasteiger partial charge in [0.05, 0.1) is 10.6 Å². The number of hydrogen-bond donors (Lipinski definition) is 1. The van der Waals surface area contributed by atoms with E-state index in [4.69, 9.17) is 5.73 Å². The lowest BCUT2D eigenvalue weighted by Crippen LogP contribution is -2.22. The Morgan fingerprint density at radius 3 is 2.25 bits per heavy atom. The molecule has 1 atom stereocenters. The zero-order valence-corrected chi connectivity index (χ0v) is 11.3. The highest BCUT2D eigenvalue weighted by Crippen LogP contribution is 2.19. The van der Waals surface area contributed by atoms with Gasteiger partial charge in [-0.3, -0.25) is 0 Å². The van der Waals surface area contributed by atoms with Crippen LogP contribution in [-0.4, -0.2) is 14.2 Å². The van der Waals surface area contributed by atoms with Gasteiger partial charge in [-0.05, 0) is 29.8 Å². The first-order valence-corrected chi connectivity index (χ1v) is 7.54. The molecule has 0 bridgehead atoms. The second-order valence-electron chi connectivity index (χ2n) is 4.37. The lowest BCUT2D eigenvalue weighted by molar-refractivity contribution is 0.505. The van der Waals surface area contributed by atoms with E-state index in [-0.39, 0.29) is 16.2 Å². The lowest BCUT2D eigenvalue weighted by atomic mass is 10.1. The second kappa shape index (κ2) is 5.68. The molecule has 0 aliphatic heterocycles. The van der Waals surface area contributed by atoms with Gasteiger partial charge in [0.2, 0.25) is 0 Å². The Bertz CT molecular complexity index is 702. The predicted molar refractivity (Wildman–Crippen MR) is 71.8 cm³/mol. The highest BCUT2D eigenvalue weighted by atomic mass is 32.2.